The number of carbonyl (C=O) groups excluding carboxylic acids is 1. The van der Waals surface area contributed by atoms with Crippen LogP contribution in [0.25, 0.3) is 0 Å². The van der Waals surface area contributed by atoms with Crippen molar-refractivity contribution in [1.29, 1.82) is 0 Å². The van der Waals surface area contributed by atoms with Gasteiger partial charge in [-0.15, -0.1) is 11.3 Å². The van der Waals surface area contributed by atoms with Gasteiger partial charge in [-0.3, -0.25) is 0 Å². The van der Waals surface area contributed by atoms with Gasteiger partial charge in [-0.1, -0.05) is 6.07 Å². The molecule has 1 aromatic carbocycles. The second kappa shape index (κ2) is 7.57. The monoisotopic (exact) mass is 334 g/mol. The Bertz CT molecular complexity index is 624. The highest BCUT2D eigenvalue weighted by Crippen LogP contribution is 2.17. The van der Waals surface area contributed by atoms with E-state index in [0.717, 1.165) is 13.1 Å². The molecule has 0 radical (unpaired) electrons. The van der Waals surface area contributed by atoms with Gasteiger partial charge in [0, 0.05) is 18.5 Å². The van der Waals surface area contributed by atoms with E-state index in [0.29, 0.717) is 18.3 Å². The zero-order valence-corrected chi connectivity index (χ0v) is 13.7. The minimum absolute atomic E-state index is 0.253. The molecule has 122 valence electrons. The highest BCUT2D eigenvalue weighted by atomic mass is 32.1. The molecule has 2 aromatic rings. The molecule has 1 atom stereocenters. The fraction of sp³-hybridized carbons (Fsp3) is 0.353. The summed E-state index contributed by atoms with van der Waals surface area (Å²) in [7, 11) is 0. The highest BCUT2D eigenvalue weighted by molar-refractivity contribution is 7.10. The number of amides is 2. The average Bonchev–Trinajstić information content (AvgIpc) is 3.24. The fourth-order valence-corrected chi connectivity index (χ4v) is 3.90. The summed E-state index contributed by atoms with van der Waals surface area (Å²) < 4.78 is 12.9. The Labute approximate surface area is 139 Å². The molecule has 2 heterocycles. The minimum Gasteiger partial charge on any atom is -0.331 e. The summed E-state index contributed by atoms with van der Waals surface area (Å²) in [5.74, 6) is -0.314. The van der Waals surface area contributed by atoms with Crippen molar-refractivity contribution in [2.45, 2.75) is 18.9 Å². The summed E-state index contributed by atoms with van der Waals surface area (Å²) in [6.07, 6.45) is 2.50. The number of urea groups is 1. The molecule has 1 aliphatic rings. The van der Waals surface area contributed by atoms with Crippen molar-refractivity contribution in [3.05, 3.63) is 52.5 Å². The van der Waals surface area contributed by atoms with E-state index in [4.69, 9.17) is 0 Å². The van der Waals surface area contributed by atoms with Crippen molar-refractivity contribution in [2.75, 3.05) is 25.0 Å². The van der Waals surface area contributed by atoms with Crippen molar-refractivity contribution in [2.24, 2.45) is 0 Å². The summed E-state index contributed by atoms with van der Waals surface area (Å²) in [5, 5.41) is 7.77. The Kier molecular flexibility index (Phi) is 5.25. The molecule has 1 saturated heterocycles. The van der Waals surface area contributed by atoms with Gasteiger partial charge in [0.25, 0.3) is 0 Å². The molecule has 6 heteroatoms. The first-order valence-electron chi connectivity index (χ1n) is 7.91. The third-order valence-corrected chi connectivity index (χ3v) is 5.18. The molecule has 0 aliphatic carbocycles. The molecule has 0 unspecified atom stereocenters. The Hall–Kier alpha value is -1.92. The maximum atomic E-state index is 12.9. The van der Waals surface area contributed by atoms with Crippen molar-refractivity contribution in [1.82, 2.24) is 5.32 Å². The maximum absolute atomic E-state index is 12.9. The van der Waals surface area contributed by atoms with Gasteiger partial charge in [-0.2, -0.15) is 0 Å². The molecule has 4 nitrogen and oxygen atoms in total. The first-order valence-corrected chi connectivity index (χ1v) is 8.79. The fourth-order valence-electron chi connectivity index (χ4n) is 3.02. The summed E-state index contributed by atoms with van der Waals surface area (Å²) in [5.41, 5.74) is 0.588. The lowest BCUT2D eigenvalue weighted by Gasteiger charge is -2.24. The number of hydrogen-bond acceptors (Lipinski definition) is 2. The average molecular weight is 334 g/mol. The number of hydrogen-bond donors (Lipinski definition) is 3. The van der Waals surface area contributed by atoms with E-state index in [2.05, 4.69) is 28.1 Å². The second-order valence-corrected chi connectivity index (χ2v) is 6.75. The minimum atomic E-state index is -0.314. The van der Waals surface area contributed by atoms with Crippen LogP contribution >= 0.6 is 11.3 Å². The van der Waals surface area contributed by atoms with Gasteiger partial charge >= 0.3 is 6.03 Å². The van der Waals surface area contributed by atoms with Crippen LogP contribution in [0.15, 0.2) is 41.8 Å². The van der Waals surface area contributed by atoms with Gasteiger partial charge in [-0.05, 0) is 35.7 Å². The maximum Gasteiger partial charge on any atom is 0.319 e. The van der Waals surface area contributed by atoms with Crippen LogP contribution in [0.4, 0.5) is 14.9 Å². The summed E-state index contributed by atoms with van der Waals surface area (Å²) >= 11 is 1.74. The first-order chi connectivity index (χ1) is 11.2. The Morgan fingerprint density at radius 1 is 1.22 bits per heavy atom. The molecule has 23 heavy (non-hydrogen) atoms. The van der Waals surface area contributed by atoms with Crippen LogP contribution in [0, 0.1) is 5.82 Å². The van der Waals surface area contributed by atoms with Crippen LogP contribution in [0.1, 0.15) is 23.8 Å². The predicted molar refractivity (Wildman–Crippen MR) is 90.4 cm³/mol. The zero-order chi connectivity index (χ0) is 16.1. The van der Waals surface area contributed by atoms with Crippen molar-refractivity contribution in [3.63, 3.8) is 0 Å². The number of likely N-dealkylation sites (tertiary alicyclic amines) is 1. The van der Waals surface area contributed by atoms with Crippen LogP contribution < -0.4 is 15.5 Å². The van der Waals surface area contributed by atoms with Gasteiger partial charge in [0.1, 0.15) is 11.9 Å². The molecule has 0 spiro atoms. The van der Waals surface area contributed by atoms with Crippen LogP contribution in [0.3, 0.4) is 0 Å². The summed E-state index contributed by atoms with van der Waals surface area (Å²) in [6, 6.07) is 10.0. The number of halogens is 1. The predicted octanol–water partition coefficient (Wildman–Crippen LogP) is 2.43. The second-order valence-electron chi connectivity index (χ2n) is 5.78. The Balaban J connectivity index is 1.57. The number of anilines is 1. The Morgan fingerprint density at radius 2 is 1.96 bits per heavy atom. The summed E-state index contributed by atoms with van der Waals surface area (Å²) in [4.78, 5) is 14.9. The topological polar surface area (TPSA) is 45.6 Å². The smallest absolute Gasteiger partial charge is 0.319 e. The van der Waals surface area contributed by atoms with Crippen LogP contribution in [0.5, 0.6) is 0 Å². The molecule has 1 aromatic heterocycles. The van der Waals surface area contributed by atoms with Crippen LogP contribution in [-0.4, -0.2) is 25.7 Å². The molecular weight excluding hydrogens is 313 g/mol. The van der Waals surface area contributed by atoms with Crippen molar-refractivity contribution >= 4 is 23.1 Å². The third kappa shape index (κ3) is 4.30. The number of thiophene rings is 1. The summed E-state index contributed by atoms with van der Waals surface area (Å²) in [6.45, 7) is 2.91. The highest BCUT2D eigenvalue weighted by Gasteiger charge is 2.28. The van der Waals surface area contributed by atoms with Gasteiger partial charge in [-0.25, -0.2) is 9.18 Å². The number of nitrogens with one attached hydrogen (secondary N) is 3. The Morgan fingerprint density at radius 3 is 2.61 bits per heavy atom. The van der Waals surface area contributed by atoms with E-state index in [1.54, 1.807) is 23.5 Å². The van der Waals surface area contributed by atoms with Gasteiger partial charge in [0.05, 0.1) is 24.5 Å². The largest absolute Gasteiger partial charge is 0.331 e. The molecular formula is C17H21FN3OS+. The molecule has 3 rings (SSSR count). The lowest BCUT2D eigenvalue weighted by Crippen LogP contribution is -3.11. The number of carbonyl (C=O) groups is 1. The molecule has 0 bridgehead atoms. The number of rotatable bonds is 5. The van der Waals surface area contributed by atoms with Crippen LogP contribution in [0.2, 0.25) is 0 Å². The SMILES string of the molecule is O=C(NC[C@@H](c1cccs1)[NH+]1CCCC1)Nc1ccc(F)cc1. The van der Waals surface area contributed by atoms with Crippen molar-refractivity contribution < 1.29 is 14.1 Å². The van der Waals surface area contributed by atoms with Crippen LogP contribution in [-0.2, 0) is 0 Å². The standard InChI is InChI=1S/C17H20FN3OS/c18-13-5-7-14(8-6-13)20-17(22)19-12-15(16-4-3-11-23-16)21-9-1-2-10-21/h3-8,11,15H,1-2,9-10,12H2,(H2,19,20,22)/p+1/t15-/m0/s1. The van der Waals surface area contributed by atoms with E-state index in [1.807, 2.05) is 0 Å². The zero-order valence-electron chi connectivity index (χ0n) is 12.8. The molecule has 0 saturated carbocycles. The lowest BCUT2D eigenvalue weighted by atomic mass is 10.2. The van der Waals surface area contributed by atoms with Gasteiger partial charge < -0.3 is 15.5 Å². The molecule has 3 N–H and O–H groups in total. The first kappa shape index (κ1) is 16.0. The quantitative estimate of drug-likeness (QED) is 0.773. The van der Waals surface area contributed by atoms with E-state index in [1.165, 1.54) is 34.8 Å². The van der Waals surface area contributed by atoms with E-state index in [-0.39, 0.29) is 11.8 Å². The third-order valence-electron chi connectivity index (χ3n) is 4.19. The molecule has 2 amide bonds. The van der Waals surface area contributed by atoms with Gasteiger partial charge in [0.15, 0.2) is 0 Å². The number of benzene rings is 1. The van der Waals surface area contributed by atoms with E-state index < -0.39 is 0 Å². The molecule has 1 fully saturated rings. The van der Waals surface area contributed by atoms with Crippen molar-refractivity contribution in [3.8, 4) is 0 Å². The van der Waals surface area contributed by atoms with E-state index >= 15 is 0 Å². The normalized spacial score (nSPS) is 16.2. The van der Waals surface area contributed by atoms with E-state index in [9.17, 15) is 9.18 Å². The molecule has 1 aliphatic heterocycles. The van der Waals surface area contributed by atoms with Gasteiger partial charge in [0.2, 0.25) is 0 Å². The number of quaternary nitrogens is 1. The lowest BCUT2D eigenvalue weighted by molar-refractivity contribution is -0.918.